The van der Waals surface area contributed by atoms with Crippen molar-refractivity contribution in [1.82, 2.24) is 14.5 Å². The second-order valence-corrected chi connectivity index (χ2v) is 12.1. The lowest BCUT2D eigenvalue weighted by Gasteiger charge is -2.50. The zero-order chi connectivity index (χ0) is 27.4. The predicted octanol–water partition coefficient (Wildman–Crippen LogP) is 5.23. The predicted molar refractivity (Wildman–Crippen MR) is 155 cm³/mol. The summed E-state index contributed by atoms with van der Waals surface area (Å²) in [5, 5.41) is 0. The molecule has 5 rings (SSSR count). The highest BCUT2D eigenvalue weighted by Crippen LogP contribution is 2.45. The first kappa shape index (κ1) is 27.5. The molecule has 202 valence electrons. The van der Waals surface area contributed by atoms with E-state index in [1.165, 1.54) is 4.57 Å². The standard InChI is InChI=1S/C30H31ClN3O4P/c1-22-18-34(29(36)32-28(22)35)27-20-33(19-26(38-27)21-37-39(2)31)30(23-12-6-3-7-13-23,24-14-8-4-9-15-24)25-16-10-5-11-17-25/h3-18,26-27H,19-21H2,1-2H3,(H,32,35,36). The zero-order valence-electron chi connectivity index (χ0n) is 21.9. The van der Waals surface area contributed by atoms with Gasteiger partial charge >= 0.3 is 5.69 Å². The fourth-order valence-corrected chi connectivity index (χ4v) is 5.95. The van der Waals surface area contributed by atoms with Gasteiger partial charge in [0.2, 0.25) is 0 Å². The molecule has 1 N–H and O–H groups in total. The molecule has 4 aromatic rings. The van der Waals surface area contributed by atoms with Crippen LogP contribution in [0.1, 0.15) is 28.5 Å². The fourth-order valence-electron chi connectivity index (χ4n) is 5.41. The Morgan fingerprint density at radius 3 is 1.92 bits per heavy atom. The molecule has 0 bridgehead atoms. The summed E-state index contributed by atoms with van der Waals surface area (Å²) in [5.74, 6) is 0. The molecule has 0 radical (unpaired) electrons. The van der Waals surface area contributed by atoms with Crippen LogP contribution in [0.25, 0.3) is 0 Å². The molecule has 39 heavy (non-hydrogen) atoms. The third-order valence-corrected chi connectivity index (χ3v) is 7.89. The number of hydrogen-bond acceptors (Lipinski definition) is 5. The Morgan fingerprint density at radius 1 is 0.923 bits per heavy atom. The summed E-state index contributed by atoms with van der Waals surface area (Å²) in [6, 6.07) is 31.1. The zero-order valence-corrected chi connectivity index (χ0v) is 23.5. The highest BCUT2D eigenvalue weighted by atomic mass is 35.7. The van der Waals surface area contributed by atoms with E-state index >= 15 is 0 Å². The van der Waals surface area contributed by atoms with Gasteiger partial charge in [0, 0.05) is 24.8 Å². The van der Waals surface area contributed by atoms with E-state index in [4.69, 9.17) is 20.5 Å². The number of halogens is 1. The number of benzene rings is 3. The maximum absolute atomic E-state index is 13.0. The van der Waals surface area contributed by atoms with Gasteiger partial charge in [0.1, 0.15) is 7.50 Å². The van der Waals surface area contributed by atoms with Crippen molar-refractivity contribution in [2.75, 3.05) is 26.4 Å². The van der Waals surface area contributed by atoms with E-state index in [1.54, 1.807) is 13.1 Å². The average Bonchev–Trinajstić information content (AvgIpc) is 2.96. The van der Waals surface area contributed by atoms with Crippen LogP contribution < -0.4 is 11.2 Å². The Balaban J connectivity index is 1.72. The van der Waals surface area contributed by atoms with Crippen LogP contribution in [0.2, 0.25) is 0 Å². The van der Waals surface area contributed by atoms with Crippen molar-refractivity contribution < 1.29 is 9.26 Å². The molecule has 0 aliphatic carbocycles. The number of aromatic amines is 1. The quantitative estimate of drug-likeness (QED) is 0.235. The molecule has 2 heterocycles. The van der Waals surface area contributed by atoms with Crippen molar-refractivity contribution in [2.24, 2.45) is 0 Å². The number of nitrogens with zero attached hydrogens (tertiary/aromatic N) is 2. The number of ether oxygens (including phenoxy) is 1. The number of aryl methyl sites for hydroxylation is 1. The normalized spacial score (nSPS) is 19.1. The van der Waals surface area contributed by atoms with Crippen LogP contribution in [0.5, 0.6) is 0 Å². The van der Waals surface area contributed by atoms with Gasteiger partial charge in [-0.05, 0) is 30.3 Å². The van der Waals surface area contributed by atoms with Gasteiger partial charge in [-0.15, -0.1) is 0 Å². The van der Waals surface area contributed by atoms with Crippen molar-refractivity contribution in [3.63, 3.8) is 0 Å². The van der Waals surface area contributed by atoms with Crippen molar-refractivity contribution >= 4 is 18.7 Å². The lowest BCUT2D eigenvalue weighted by atomic mass is 9.75. The summed E-state index contributed by atoms with van der Waals surface area (Å²) in [5.41, 5.74) is 2.06. The SMILES string of the molecule is Cc1cn(C2CN(C(c3ccccc3)(c3ccccc3)c3ccccc3)CC(COP(C)Cl)O2)c(=O)[nH]c1=O. The second kappa shape index (κ2) is 12.0. The molecule has 0 amide bonds. The lowest BCUT2D eigenvalue weighted by Crippen LogP contribution is -2.58. The largest absolute Gasteiger partial charge is 0.350 e. The van der Waals surface area contributed by atoms with Crippen molar-refractivity contribution in [1.29, 1.82) is 0 Å². The average molecular weight is 564 g/mol. The third kappa shape index (κ3) is 5.65. The molecule has 0 saturated carbocycles. The maximum Gasteiger partial charge on any atom is 0.330 e. The first-order valence-corrected chi connectivity index (χ1v) is 15.4. The Bertz CT molecular complexity index is 1400. The van der Waals surface area contributed by atoms with Crippen LogP contribution in [0, 0.1) is 6.92 Å². The molecule has 3 aromatic carbocycles. The van der Waals surface area contributed by atoms with Crippen LogP contribution in [-0.4, -0.2) is 46.9 Å². The van der Waals surface area contributed by atoms with Gasteiger partial charge in [0.25, 0.3) is 5.56 Å². The van der Waals surface area contributed by atoms with Gasteiger partial charge in [0.15, 0.2) is 6.23 Å². The Kier molecular flexibility index (Phi) is 8.46. The molecule has 9 heteroatoms. The van der Waals surface area contributed by atoms with Gasteiger partial charge in [-0.25, -0.2) is 4.79 Å². The van der Waals surface area contributed by atoms with Crippen LogP contribution >= 0.6 is 18.7 Å². The minimum Gasteiger partial charge on any atom is -0.350 e. The number of morpholine rings is 1. The highest BCUT2D eigenvalue weighted by Gasteiger charge is 2.46. The summed E-state index contributed by atoms with van der Waals surface area (Å²) in [6.45, 7) is 4.67. The molecular formula is C30H31ClN3O4P. The number of hydrogen-bond donors (Lipinski definition) is 1. The van der Waals surface area contributed by atoms with E-state index in [0.29, 0.717) is 18.7 Å². The van der Waals surface area contributed by atoms with Gasteiger partial charge in [-0.1, -0.05) is 102 Å². The van der Waals surface area contributed by atoms with E-state index in [-0.39, 0.29) is 12.7 Å². The maximum atomic E-state index is 13.0. The van der Waals surface area contributed by atoms with Crippen molar-refractivity contribution in [2.45, 2.75) is 24.8 Å². The smallest absolute Gasteiger partial charge is 0.330 e. The molecule has 0 spiro atoms. The van der Waals surface area contributed by atoms with Crippen LogP contribution in [0.15, 0.2) is 107 Å². The third-order valence-electron chi connectivity index (χ3n) is 7.09. The van der Waals surface area contributed by atoms with Gasteiger partial charge in [0.05, 0.1) is 18.2 Å². The number of rotatable bonds is 8. The van der Waals surface area contributed by atoms with Crippen molar-refractivity contribution in [3.8, 4) is 0 Å². The van der Waals surface area contributed by atoms with Crippen LogP contribution in [0.4, 0.5) is 0 Å². The van der Waals surface area contributed by atoms with Gasteiger partial charge < -0.3 is 9.26 Å². The topological polar surface area (TPSA) is 76.6 Å². The monoisotopic (exact) mass is 563 g/mol. The molecule has 1 saturated heterocycles. The molecule has 7 nitrogen and oxygen atoms in total. The van der Waals surface area contributed by atoms with Crippen LogP contribution in [0.3, 0.4) is 0 Å². The first-order chi connectivity index (χ1) is 18.9. The number of nitrogens with one attached hydrogen (secondary N) is 1. The number of H-pyrrole nitrogens is 1. The van der Waals surface area contributed by atoms with Gasteiger partial charge in [-0.3, -0.25) is 19.2 Å². The first-order valence-electron chi connectivity index (χ1n) is 12.8. The van der Waals surface area contributed by atoms with E-state index < -0.39 is 30.5 Å². The Morgan fingerprint density at radius 2 is 1.44 bits per heavy atom. The molecule has 3 atom stereocenters. The molecular weight excluding hydrogens is 533 g/mol. The summed E-state index contributed by atoms with van der Waals surface area (Å²) >= 11 is 6.21. The molecule has 1 aliphatic heterocycles. The minimum atomic E-state index is -1.13. The van der Waals surface area contributed by atoms with E-state index in [2.05, 4.69) is 46.3 Å². The summed E-state index contributed by atoms with van der Waals surface area (Å²) < 4.78 is 13.8. The summed E-state index contributed by atoms with van der Waals surface area (Å²) in [4.78, 5) is 29.9. The molecule has 1 aromatic heterocycles. The van der Waals surface area contributed by atoms with Crippen LogP contribution in [-0.2, 0) is 14.8 Å². The Labute approximate surface area is 233 Å². The lowest BCUT2D eigenvalue weighted by molar-refractivity contribution is -0.147. The van der Waals surface area contributed by atoms with E-state index in [9.17, 15) is 9.59 Å². The summed E-state index contributed by atoms with van der Waals surface area (Å²) in [6.07, 6.45) is 0.503. The van der Waals surface area contributed by atoms with Gasteiger partial charge in [-0.2, -0.15) is 0 Å². The summed E-state index contributed by atoms with van der Waals surface area (Å²) in [7, 11) is -1.13. The van der Waals surface area contributed by atoms with Crippen molar-refractivity contribution in [3.05, 3.63) is 140 Å². The second-order valence-electron chi connectivity index (χ2n) is 9.62. The van der Waals surface area contributed by atoms with E-state index in [1.807, 2.05) is 61.3 Å². The number of aromatic nitrogens is 2. The Hall–Kier alpha value is -3.06. The minimum absolute atomic E-state index is 0.268. The fraction of sp³-hybridized carbons (Fsp3) is 0.267. The molecule has 3 unspecified atom stereocenters. The highest BCUT2D eigenvalue weighted by molar-refractivity contribution is 7.79. The molecule has 1 fully saturated rings. The van der Waals surface area contributed by atoms with E-state index in [0.717, 1.165) is 16.7 Å². The molecule has 1 aliphatic rings.